The predicted octanol–water partition coefficient (Wildman–Crippen LogP) is 1.72. The lowest BCUT2D eigenvalue weighted by Gasteiger charge is -2.09. The van der Waals surface area contributed by atoms with Crippen molar-refractivity contribution in [2.24, 2.45) is 5.92 Å². The summed E-state index contributed by atoms with van der Waals surface area (Å²) in [7, 11) is 0. The second-order valence-electron chi connectivity index (χ2n) is 3.47. The molecule has 0 aromatic carbocycles. The number of halogens is 1. The molecule has 0 atom stereocenters. The number of nitrogens with one attached hydrogen (secondary N) is 1. The minimum atomic E-state index is -0.211. The molecule has 1 aromatic rings. The molecule has 0 aliphatic rings. The molecule has 0 bridgehead atoms. The molecule has 1 rings (SSSR count). The van der Waals surface area contributed by atoms with E-state index in [1.807, 2.05) is 0 Å². The largest absolute Gasteiger partial charge is 0.310 e. The van der Waals surface area contributed by atoms with Crippen molar-refractivity contribution >= 4 is 23.3 Å². The van der Waals surface area contributed by atoms with Gasteiger partial charge in [0.15, 0.2) is 0 Å². The molecule has 14 heavy (non-hydrogen) atoms. The van der Waals surface area contributed by atoms with Gasteiger partial charge in [-0.25, -0.2) is 4.68 Å². The standard InChI is InChI=1S/C9H14ClN3O/c1-7(2)6-13-8(3-4-11-13)12-9(14)5-10/h3-4,7H,5-6H2,1-2H3,(H,12,14). The molecule has 0 aliphatic carbocycles. The van der Waals surface area contributed by atoms with E-state index in [0.717, 1.165) is 6.54 Å². The first-order chi connectivity index (χ1) is 6.63. The molecule has 1 amide bonds. The van der Waals surface area contributed by atoms with Gasteiger partial charge in [0, 0.05) is 12.6 Å². The molecule has 0 radical (unpaired) electrons. The van der Waals surface area contributed by atoms with E-state index in [4.69, 9.17) is 11.6 Å². The average molecular weight is 216 g/mol. The van der Waals surface area contributed by atoms with Gasteiger partial charge in [-0.15, -0.1) is 11.6 Å². The van der Waals surface area contributed by atoms with E-state index < -0.39 is 0 Å². The zero-order chi connectivity index (χ0) is 10.6. The molecule has 0 fully saturated rings. The van der Waals surface area contributed by atoms with E-state index in [-0.39, 0.29) is 11.8 Å². The highest BCUT2D eigenvalue weighted by Crippen LogP contribution is 2.09. The van der Waals surface area contributed by atoms with Crippen LogP contribution in [0.2, 0.25) is 0 Å². The highest BCUT2D eigenvalue weighted by molar-refractivity contribution is 6.29. The number of hydrogen-bond acceptors (Lipinski definition) is 2. The molecule has 0 unspecified atom stereocenters. The monoisotopic (exact) mass is 215 g/mol. The zero-order valence-corrected chi connectivity index (χ0v) is 9.08. The van der Waals surface area contributed by atoms with E-state index in [2.05, 4.69) is 24.3 Å². The maximum absolute atomic E-state index is 11.0. The average Bonchev–Trinajstić information content (AvgIpc) is 2.52. The summed E-state index contributed by atoms with van der Waals surface area (Å²) in [5, 5.41) is 6.78. The van der Waals surface area contributed by atoms with Crippen molar-refractivity contribution in [1.29, 1.82) is 0 Å². The summed E-state index contributed by atoms with van der Waals surface area (Å²) in [6.07, 6.45) is 1.66. The fourth-order valence-electron chi connectivity index (χ4n) is 1.11. The molecule has 0 aliphatic heterocycles. The summed E-state index contributed by atoms with van der Waals surface area (Å²) < 4.78 is 1.76. The van der Waals surface area contributed by atoms with Crippen LogP contribution in [0.15, 0.2) is 12.3 Å². The summed E-state index contributed by atoms with van der Waals surface area (Å²) in [6, 6.07) is 1.76. The van der Waals surface area contributed by atoms with Gasteiger partial charge in [0.1, 0.15) is 11.7 Å². The number of amides is 1. The Hall–Kier alpha value is -1.03. The summed E-state index contributed by atoms with van der Waals surface area (Å²) in [5.74, 6) is 0.940. The molecule has 1 aromatic heterocycles. The van der Waals surface area contributed by atoms with Crippen molar-refractivity contribution in [2.45, 2.75) is 20.4 Å². The van der Waals surface area contributed by atoms with Gasteiger partial charge in [0.2, 0.25) is 5.91 Å². The van der Waals surface area contributed by atoms with E-state index in [0.29, 0.717) is 11.7 Å². The number of hydrogen-bond donors (Lipinski definition) is 1. The number of carbonyl (C=O) groups is 1. The lowest BCUT2D eigenvalue weighted by Crippen LogP contribution is -2.17. The van der Waals surface area contributed by atoms with Crippen LogP contribution in [0.5, 0.6) is 0 Å². The van der Waals surface area contributed by atoms with Gasteiger partial charge in [-0.05, 0) is 5.92 Å². The Morgan fingerprint density at radius 3 is 3.00 bits per heavy atom. The minimum absolute atomic E-state index is 0.0349. The van der Waals surface area contributed by atoms with Gasteiger partial charge >= 0.3 is 0 Å². The smallest absolute Gasteiger partial charge is 0.240 e. The van der Waals surface area contributed by atoms with Crippen molar-refractivity contribution in [3.05, 3.63) is 12.3 Å². The van der Waals surface area contributed by atoms with Crippen LogP contribution in [0, 0.1) is 5.92 Å². The van der Waals surface area contributed by atoms with Crippen LogP contribution in [0.3, 0.4) is 0 Å². The lowest BCUT2D eigenvalue weighted by atomic mass is 10.2. The van der Waals surface area contributed by atoms with Gasteiger partial charge < -0.3 is 5.32 Å². The fourth-order valence-corrected chi connectivity index (χ4v) is 1.17. The van der Waals surface area contributed by atoms with Gasteiger partial charge in [-0.2, -0.15) is 5.10 Å². The second kappa shape index (κ2) is 5.00. The quantitative estimate of drug-likeness (QED) is 0.778. The van der Waals surface area contributed by atoms with Crippen LogP contribution in [0.4, 0.5) is 5.82 Å². The number of rotatable bonds is 4. The molecular weight excluding hydrogens is 202 g/mol. The van der Waals surface area contributed by atoms with Gasteiger partial charge in [0.25, 0.3) is 0 Å². The highest BCUT2D eigenvalue weighted by Gasteiger charge is 2.06. The fraction of sp³-hybridized carbons (Fsp3) is 0.556. The van der Waals surface area contributed by atoms with Gasteiger partial charge in [-0.1, -0.05) is 13.8 Å². The van der Waals surface area contributed by atoms with Gasteiger partial charge in [-0.3, -0.25) is 4.79 Å². The molecule has 1 N–H and O–H groups in total. The Kier molecular flexibility index (Phi) is 3.95. The Balaban J connectivity index is 2.67. The third kappa shape index (κ3) is 3.03. The predicted molar refractivity (Wildman–Crippen MR) is 56.4 cm³/mol. The third-order valence-corrected chi connectivity index (χ3v) is 1.89. The number of nitrogens with zero attached hydrogens (tertiary/aromatic N) is 2. The van der Waals surface area contributed by atoms with Crippen LogP contribution in [0.25, 0.3) is 0 Å². The molecule has 0 saturated carbocycles. The van der Waals surface area contributed by atoms with E-state index >= 15 is 0 Å². The van der Waals surface area contributed by atoms with E-state index in [9.17, 15) is 4.79 Å². The Labute approximate surface area is 88.2 Å². The lowest BCUT2D eigenvalue weighted by molar-refractivity contribution is -0.114. The maximum Gasteiger partial charge on any atom is 0.240 e. The molecule has 1 heterocycles. The van der Waals surface area contributed by atoms with Crippen LogP contribution in [-0.2, 0) is 11.3 Å². The van der Waals surface area contributed by atoms with Crippen LogP contribution in [0.1, 0.15) is 13.8 Å². The Morgan fingerprint density at radius 2 is 2.43 bits per heavy atom. The summed E-state index contributed by atoms with van der Waals surface area (Å²) in [4.78, 5) is 11.0. The normalized spacial score (nSPS) is 10.6. The zero-order valence-electron chi connectivity index (χ0n) is 8.33. The van der Waals surface area contributed by atoms with Crippen LogP contribution >= 0.6 is 11.6 Å². The van der Waals surface area contributed by atoms with Crippen molar-refractivity contribution in [2.75, 3.05) is 11.2 Å². The number of anilines is 1. The van der Waals surface area contributed by atoms with Gasteiger partial charge in [0.05, 0.1) is 6.20 Å². The summed E-state index contributed by atoms with van der Waals surface area (Å²) in [6.45, 7) is 4.97. The van der Waals surface area contributed by atoms with Crippen molar-refractivity contribution < 1.29 is 4.79 Å². The molecular formula is C9H14ClN3O. The van der Waals surface area contributed by atoms with Crippen LogP contribution < -0.4 is 5.32 Å². The first kappa shape index (κ1) is 11.0. The Bertz CT molecular complexity index is 309. The van der Waals surface area contributed by atoms with E-state index in [1.165, 1.54) is 0 Å². The van der Waals surface area contributed by atoms with E-state index in [1.54, 1.807) is 16.9 Å². The summed E-state index contributed by atoms with van der Waals surface area (Å²) in [5.41, 5.74) is 0. The second-order valence-corrected chi connectivity index (χ2v) is 3.74. The highest BCUT2D eigenvalue weighted by atomic mass is 35.5. The Morgan fingerprint density at radius 1 is 1.71 bits per heavy atom. The van der Waals surface area contributed by atoms with Crippen molar-refractivity contribution in [3.63, 3.8) is 0 Å². The van der Waals surface area contributed by atoms with Crippen molar-refractivity contribution in [3.8, 4) is 0 Å². The molecule has 0 saturated heterocycles. The van der Waals surface area contributed by atoms with Crippen LogP contribution in [-0.4, -0.2) is 21.6 Å². The molecule has 4 nitrogen and oxygen atoms in total. The van der Waals surface area contributed by atoms with Crippen molar-refractivity contribution in [1.82, 2.24) is 9.78 Å². The first-order valence-corrected chi connectivity index (χ1v) is 5.04. The SMILES string of the molecule is CC(C)Cn1nccc1NC(=O)CCl. The molecule has 5 heteroatoms. The number of alkyl halides is 1. The number of aromatic nitrogens is 2. The third-order valence-electron chi connectivity index (χ3n) is 1.64. The first-order valence-electron chi connectivity index (χ1n) is 4.51. The number of carbonyl (C=O) groups excluding carboxylic acids is 1. The maximum atomic E-state index is 11.0. The molecule has 0 spiro atoms. The summed E-state index contributed by atoms with van der Waals surface area (Å²) >= 11 is 5.39. The topological polar surface area (TPSA) is 46.9 Å². The molecule has 78 valence electrons. The minimum Gasteiger partial charge on any atom is -0.310 e.